The summed E-state index contributed by atoms with van der Waals surface area (Å²) in [6, 6.07) is 146. The molecule has 0 radical (unpaired) electrons. The topological polar surface area (TPSA) is 52.0 Å². The quantitative estimate of drug-likeness (QED) is 0.0225. The second kappa shape index (κ2) is 45.9. The van der Waals surface area contributed by atoms with Gasteiger partial charge < -0.3 is 24.3 Å². The van der Waals surface area contributed by atoms with E-state index in [4.69, 9.17) is 24.3 Å². The Kier molecular flexibility index (Phi) is 37.9. The normalized spacial score (nSPS) is 11.1. The van der Waals surface area contributed by atoms with E-state index in [9.17, 15) is 25.2 Å². The van der Waals surface area contributed by atoms with Crippen LogP contribution in [0.2, 0.25) is 0 Å². The van der Waals surface area contributed by atoms with Crippen molar-refractivity contribution >= 4 is 130 Å². The first-order valence-electron chi connectivity index (χ1n) is 33.7. The van der Waals surface area contributed by atoms with Gasteiger partial charge in [0.05, 0.1) is 0 Å². The molecule has 18 heteroatoms. The fourth-order valence-electron chi connectivity index (χ4n) is 10.7. The maximum Gasteiger partial charge on any atom is 1.00 e. The fraction of sp³-hybridized carbons (Fsp3) is 0.0330. The summed E-state index contributed by atoms with van der Waals surface area (Å²) in [5, 5.41) is 17.5. The van der Waals surface area contributed by atoms with E-state index in [0.29, 0.717) is 11.4 Å². The molecule has 0 fully saturated rings. The molecule has 0 unspecified atom stereocenters. The Bertz CT molecular complexity index is 3950. The van der Waals surface area contributed by atoms with Crippen LogP contribution in [0.15, 0.2) is 413 Å². The summed E-state index contributed by atoms with van der Waals surface area (Å²) in [6.45, 7) is 0. The van der Waals surface area contributed by atoms with Crippen LogP contribution < -0.4 is 75.1 Å². The van der Waals surface area contributed by atoms with Crippen molar-refractivity contribution in [1.29, 1.82) is 0 Å². The van der Waals surface area contributed by atoms with Gasteiger partial charge in [-0.2, -0.15) is 0 Å². The first-order chi connectivity index (χ1) is 51.3. The molecule has 4 N–H and O–H groups in total. The summed E-state index contributed by atoms with van der Waals surface area (Å²) in [6.07, 6.45) is 13.4. The van der Waals surface area contributed by atoms with Gasteiger partial charge in [-0.1, -0.05) is 388 Å². The Labute approximate surface area is 678 Å². The van der Waals surface area contributed by atoms with Crippen LogP contribution >= 0.6 is 55.3 Å². The molecule has 109 heavy (non-hydrogen) atoms. The zero-order chi connectivity index (χ0) is 74.7. The van der Waals surface area contributed by atoms with Crippen molar-refractivity contribution in [3.05, 3.63) is 436 Å². The van der Waals surface area contributed by atoms with Crippen LogP contribution in [-0.4, -0.2) is 17.7 Å². The summed E-state index contributed by atoms with van der Waals surface area (Å²) in [5.41, 5.74) is 13.7. The average Bonchev–Trinajstić information content (AvgIpc) is 0.803. The molecule has 562 valence electrons. The fourth-order valence-corrected chi connectivity index (χ4v) is 30.1. The summed E-state index contributed by atoms with van der Waals surface area (Å²) < 4.78 is 59.2. The smallest absolute Gasteiger partial charge is 0.399 e. The van der Waals surface area contributed by atoms with Gasteiger partial charge in [0.1, 0.15) is 0 Å². The monoisotopic (exact) mass is 1720 g/mol. The number of nitrogen functional groups attached to an aromatic ring is 2. The van der Waals surface area contributed by atoms with E-state index >= 15 is 0 Å². The zero-order valence-electron chi connectivity index (χ0n) is 58.8. The minimum atomic E-state index is -10.7. The Morgan fingerprint density at radius 2 is 0.303 bits per heavy atom. The van der Waals surface area contributed by atoms with Crippen molar-refractivity contribution in [3.8, 4) is 11.8 Å². The molecule has 14 rings (SSSR count). The van der Waals surface area contributed by atoms with Crippen molar-refractivity contribution < 1.29 is 76.4 Å². The third kappa shape index (κ3) is 32.4. The third-order valence-corrected chi connectivity index (χ3v) is 33.6. The second-order valence-corrected chi connectivity index (χ2v) is 40.1. The molecule has 14 aromatic carbocycles. The number of halogens is 6. The molecule has 0 amide bonds. The largest absolute Gasteiger partial charge is 1.00 e. The molecular weight excluding hydrogens is 1640 g/mol. The van der Waals surface area contributed by atoms with E-state index in [1.54, 1.807) is 48.5 Å². The van der Waals surface area contributed by atoms with Crippen molar-refractivity contribution in [2.45, 2.75) is 0 Å². The van der Waals surface area contributed by atoms with E-state index in [1.165, 1.54) is 81.4 Å². The van der Waals surface area contributed by atoms with Gasteiger partial charge in [-0.15, -0.1) is 35.4 Å². The minimum absolute atomic E-state index is 0. The summed E-state index contributed by atoms with van der Waals surface area (Å²) >= 11 is 0. The number of hydrogen-bond acceptors (Lipinski definition) is 2. The first-order valence-corrected chi connectivity index (χ1v) is 44.9. The Balaban J connectivity index is 0.000000218. The Morgan fingerprint density at radius 3 is 0.394 bits per heavy atom. The predicted octanol–water partition coefficient (Wildman–Crippen LogP) is 21.4. The van der Waals surface area contributed by atoms with Crippen molar-refractivity contribution in [2.75, 3.05) is 29.2 Å². The van der Waals surface area contributed by atoms with E-state index in [1.807, 2.05) is 0 Å². The van der Waals surface area contributed by atoms with Crippen LogP contribution in [0.1, 0.15) is 11.1 Å². The molecular formula is C91H78Cu3F6N2P7. The van der Waals surface area contributed by atoms with Crippen molar-refractivity contribution in [2.24, 2.45) is 0 Å². The van der Waals surface area contributed by atoms with Gasteiger partial charge in [-0.05, 0) is 111 Å². The van der Waals surface area contributed by atoms with Gasteiger partial charge in [0, 0.05) is 29.1 Å². The number of hydrogen-bond donors (Lipinski definition) is 2. The number of rotatable bonds is 18. The predicted molar refractivity (Wildman–Crippen MR) is 457 cm³/mol. The van der Waals surface area contributed by atoms with Gasteiger partial charge in [0.15, 0.2) is 0 Å². The zero-order valence-corrected chi connectivity index (χ0v) is 67.9. The maximum absolute atomic E-state index is 10.7. The van der Waals surface area contributed by atoms with Crippen LogP contribution in [0, 0.1) is 24.7 Å². The van der Waals surface area contributed by atoms with Gasteiger partial charge >= 0.3 is 84.2 Å². The first kappa shape index (κ1) is 89.8. The molecule has 0 atom stereocenters. The molecule has 0 aliphatic rings. The average molecular weight is 1720 g/mol. The maximum atomic E-state index is 9.87. The summed E-state index contributed by atoms with van der Waals surface area (Å²) in [5.74, 6) is 8.02. The Hall–Kier alpha value is -8.05. The van der Waals surface area contributed by atoms with Crippen LogP contribution in [0.4, 0.5) is 36.6 Å². The molecule has 0 aliphatic heterocycles. The molecule has 14 aromatic rings. The standard InChI is InChI=1S/3C25H22P2.2C8H6N.3Cu.F6P/c3*1-5-13-22(14-6-1)26(23-15-7-2-8-16-23)21-27(24-17-9-3-10-18-24)25-19-11-4-12-20-25;2*1-2-7-3-5-8(9)6-4-7;;;;1-7(2,3,4,5)6/h3*1-20H,21H2;2*3-6H,9H2;;;;/q;;;2*-1;3*+1;-1. The molecule has 0 saturated carbocycles. The van der Waals surface area contributed by atoms with Crippen molar-refractivity contribution in [1.82, 2.24) is 0 Å². The summed E-state index contributed by atoms with van der Waals surface area (Å²) in [7, 11) is -13.1. The van der Waals surface area contributed by atoms with Gasteiger partial charge in [0.2, 0.25) is 0 Å². The van der Waals surface area contributed by atoms with Crippen LogP contribution in [0.3, 0.4) is 0 Å². The third-order valence-electron chi connectivity index (χ3n) is 15.8. The second-order valence-electron chi connectivity index (χ2n) is 23.5. The van der Waals surface area contributed by atoms with E-state index < -0.39 is 55.3 Å². The molecule has 2 nitrogen and oxygen atoms in total. The molecule has 0 aliphatic carbocycles. The summed E-state index contributed by atoms with van der Waals surface area (Å²) in [4.78, 5) is 0. The minimum Gasteiger partial charge on any atom is -0.399 e. The molecule has 0 aromatic heterocycles. The van der Waals surface area contributed by atoms with Gasteiger partial charge in [-0.3, -0.25) is 11.8 Å². The SMILES string of the molecule is F[P-](F)(F)(F)(F)F.[C-]#Cc1ccc(N)cc1.[C-]#Cc1ccc(N)cc1.[Cu+].[Cu+].[Cu+].c1ccc(P(CP(c2ccccc2)c2ccccc2)c2ccccc2)cc1.c1ccc(P(CP(c2ccccc2)c2ccccc2)c2ccccc2)cc1.c1ccc(P(CP(c2ccccc2)c2ccccc2)c2ccccc2)cc1. The number of anilines is 2. The van der Waals surface area contributed by atoms with Crippen molar-refractivity contribution in [3.63, 3.8) is 0 Å². The van der Waals surface area contributed by atoms with Gasteiger partial charge in [0.25, 0.3) is 0 Å². The van der Waals surface area contributed by atoms with Crippen LogP contribution in [0.5, 0.6) is 0 Å². The molecule has 0 spiro atoms. The van der Waals surface area contributed by atoms with E-state index in [2.05, 4.69) is 376 Å². The van der Waals surface area contributed by atoms with Crippen LogP contribution in [-0.2, 0) is 51.2 Å². The molecule has 0 heterocycles. The molecule has 0 bridgehead atoms. The molecule has 0 saturated heterocycles. The number of benzene rings is 14. The van der Waals surface area contributed by atoms with E-state index in [-0.39, 0.29) is 51.2 Å². The Morgan fingerprint density at radius 1 is 0.202 bits per heavy atom. The van der Waals surface area contributed by atoms with E-state index in [0.717, 1.165) is 11.1 Å². The number of nitrogens with two attached hydrogens (primary N) is 2. The van der Waals surface area contributed by atoms with Crippen LogP contribution in [0.25, 0.3) is 0 Å². The van der Waals surface area contributed by atoms with Gasteiger partial charge in [-0.25, -0.2) is 0 Å².